The van der Waals surface area contributed by atoms with Gasteiger partial charge in [0.05, 0.1) is 6.10 Å². The summed E-state index contributed by atoms with van der Waals surface area (Å²) >= 11 is 0. The van der Waals surface area contributed by atoms with Crippen molar-refractivity contribution in [2.24, 2.45) is 0 Å². The van der Waals surface area contributed by atoms with Crippen molar-refractivity contribution in [1.82, 2.24) is 5.32 Å². The van der Waals surface area contributed by atoms with E-state index in [-0.39, 0.29) is 12.1 Å². The van der Waals surface area contributed by atoms with E-state index in [9.17, 15) is 10.2 Å². The minimum absolute atomic E-state index is 0.111. The number of nitrogens with one attached hydrogen (secondary N) is 1. The van der Waals surface area contributed by atoms with Crippen LogP contribution < -0.4 is 5.32 Å². The normalized spacial score (nSPS) is 25.9. The molecular weight excluding hydrogens is 226 g/mol. The van der Waals surface area contributed by atoms with Crippen molar-refractivity contribution in [2.45, 2.75) is 57.7 Å². The highest BCUT2D eigenvalue weighted by atomic mass is 16.3. The van der Waals surface area contributed by atoms with Crippen LogP contribution in [0.2, 0.25) is 0 Å². The van der Waals surface area contributed by atoms with Crippen molar-refractivity contribution in [2.75, 3.05) is 0 Å². The fraction of sp³-hybridized carbons (Fsp3) is 0.600. The lowest BCUT2D eigenvalue weighted by atomic mass is 9.92. The molecule has 3 nitrogen and oxygen atoms in total. The number of aromatic hydroxyl groups is 1. The highest BCUT2D eigenvalue weighted by Gasteiger charge is 2.22. The Morgan fingerprint density at radius 3 is 2.83 bits per heavy atom. The van der Waals surface area contributed by atoms with E-state index in [0.29, 0.717) is 11.8 Å². The number of aliphatic hydroxyl groups excluding tert-OH is 1. The maximum Gasteiger partial charge on any atom is 0.120 e. The molecule has 0 saturated heterocycles. The van der Waals surface area contributed by atoms with Gasteiger partial charge in [-0.15, -0.1) is 0 Å². The van der Waals surface area contributed by atoms with Crippen LogP contribution in [0.3, 0.4) is 0 Å². The third kappa shape index (κ3) is 3.24. The van der Waals surface area contributed by atoms with Crippen LogP contribution in [0.5, 0.6) is 5.75 Å². The molecule has 1 saturated carbocycles. The smallest absolute Gasteiger partial charge is 0.120 e. The molecule has 1 aliphatic carbocycles. The Kier molecular flexibility index (Phi) is 4.25. The third-order valence-corrected chi connectivity index (χ3v) is 3.78. The van der Waals surface area contributed by atoms with E-state index < -0.39 is 0 Å². The summed E-state index contributed by atoms with van der Waals surface area (Å²) in [5.74, 6) is 0.344. The van der Waals surface area contributed by atoms with E-state index in [1.165, 1.54) is 0 Å². The molecule has 0 heterocycles. The molecule has 3 unspecified atom stereocenters. The molecule has 0 radical (unpaired) electrons. The van der Waals surface area contributed by atoms with Crippen LogP contribution in [0.25, 0.3) is 0 Å². The second-order valence-electron chi connectivity index (χ2n) is 5.47. The van der Waals surface area contributed by atoms with Gasteiger partial charge in [-0.05, 0) is 45.6 Å². The quantitative estimate of drug-likeness (QED) is 0.772. The summed E-state index contributed by atoms with van der Waals surface area (Å²) in [6, 6.07) is 6.14. The molecule has 18 heavy (non-hydrogen) atoms. The van der Waals surface area contributed by atoms with Crippen LogP contribution in [0, 0.1) is 6.92 Å². The molecule has 0 spiro atoms. The SMILES string of the molecule is Cc1ccc(O)c(C(C)NC2CCCC(O)C2)c1. The lowest BCUT2D eigenvalue weighted by Gasteiger charge is -2.30. The molecule has 1 aromatic rings. The Hall–Kier alpha value is -1.06. The summed E-state index contributed by atoms with van der Waals surface area (Å²) in [5.41, 5.74) is 2.09. The topological polar surface area (TPSA) is 52.5 Å². The lowest BCUT2D eigenvalue weighted by molar-refractivity contribution is 0.109. The first kappa shape index (κ1) is 13.4. The van der Waals surface area contributed by atoms with Gasteiger partial charge in [-0.25, -0.2) is 0 Å². The minimum atomic E-state index is -0.172. The van der Waals surface area contributed by atoms with Crippen molar-refractivity contribution in [3.63, 3.8) is 0 Å². The Balaban J connectivity index is 2.02. The molecular formula is C15H23NO2. The zero-order chi connectivity index (χ0) is 13.1. The summed E-state index contributed by atoms with van der Waals surface area (Å²) in [6.45, 7) is 4.09. The predicted molar refractivity (Wildman–Crippen MR) is 72.7 cm³/mol. The van der Waals surface area contributed by atoms with Crippen LogP contribution in [0.15, 0.2) is 18.2 Å². The van der Waals surface area contributed by atoms with Crippen LogP contribution in [0.4, 0.5) is 0 Å². The summed E-state index contributed by atoms with van der Waals surface area (Å²) in [4.78, 5) is 0. The maximum atomic E-state index is 9.90. The van der Waals surface area contributed by atoms with E-state index in [1.807, 2.05) is 19.1 Å². The van der Waals surface area contributed by atoms with E-state index >= 15 is 0 Å². The molecule has 0 aliphatic heterocycles. The average Bonchev–Trinajstić information content (AvgIpc) is 2.32. The van der Waals surface area contributed by atoms with Gasteiger partial charge in [0.25, 0.3) is 0 Å². The number of benzene rings is 1. The molecule has 3 N–H and O–H groups in total. The van der Waals surface area contributed by atoms with Crippen molar-refractivity contribution < 1.29 is 10.2 Å². The second kappa shape index (κ2) is 5.72. The molecule has 0 aromatic heterocycles. The van der Waals surface area contributed by atoms with Gasteiger partial charge in [0.2, 0.25) is 0 Å². The number of hydrogen-bond acceptors (Lipinski definition) is 3. The molecule has 1 fully saturated rings. The standard InChI is InChI=1S/C15H23NO2/c1-10-6-7-15(18)14(8-10)11(2)16-12-4-3-5-13(17)9-12/h6-8,11-13,16-18H,3-5,9H2,1-2H3. The van der Waals surface area contributed by atoms with Gasteiger partial charge >= 0.3 is 0 Å². The summed E-state index contributed by atoms with van der Waals surface area (Å²) in [6.07, 6.45) is 3.74. The van der Waals surface area contributed by atoms with Gasteiger partial charge in [0, 0.05) is 17.6 Å². The zero-order valence-electron chi connectivity index (χ0n) is 11.2. The van der Waals surface area contributed by atoms with E-state index in [4.69, 9.17) is 0 Å². The van der Waals surface area contributed by atoms with Gasteiger partial charge in [-0.3, -0.25) is 0 Å². The highest BCUT2D eigenvalue weighted by molar-refractivity contribution is 5.37. The highest BCUT2D eigenvalue weighted by Crippen LogP contribution is 2.27. The number of phenolic OH excluding ortho intramolecular Hbond substituents is 1. The number of rotatable bonds is 3. The van der Waals surface area contributed by atoms with Gasteiger partial charge in [-0.2, -0.15) is 0 Å². The van der Waals surface area contributed by atoms with Crippen LogP contribution >= 0.6 is 0 Å². The first-order valence-corrected chi connectivity index (χ1v) is 6.80. The van der Waals surface area contributed by atoms with Crippen LogP contribution in [-0.2, 0) is 0 Å². The Morgan fingerprint density at radius 2 is 2.11 bits per heavy atom. The summed E-state index contributed by atoms with van der Waals surface area (Å²) in [7, 11) is 0. The minimum Gasteiger partial charge on any atom is -0.508 e. The first-order valence-electron chi connectivity index (χ1n) is 6.80. The fourth-order valence-corrected chi connectivity index (χ4v) is 2.78. The van der Waals surface area contributed by atoms with Crippen molar-refractivity contribution >= 4 is 0 Å². The first-order chi connectivity index (χ1) is 8.56. The van der Waals surface area contributed by atoms with Crippen LogP contribution in [-0.4, -0.2) is 22.4 Å². The third-order valence-electron chi connectivity index (χ3n) is 3.78. The number of hydrogen-bond donors (Lipinski definition) is 3. The molecule has 0 bridgehead atoms. The maximum absolute atomic E-state index is 9.90. The molecule has 1 aromatic carbocycles. The van der Waals surface area contributed by atoms with Gasteiger partial charge in [0.15, 0.2) is 0 Å². The Labute approximate surface area is 109 Å². The van der Waals surface area contributed by atoms with Gasteiger partial charge < -0.3 is 15.5 Å². The Morgan fingerprint density at radius 1 is 1.33 bits per heavy atom. The molecule has 3 atom stereocenters. The average molecular weight is 249 g/mol. The zero-order valence-corrected chi connectivity index (χ0v) is 11.2. The lowest BCUT2D eigenvalue weighted by Crippen LogP contribution is -2.37. The predicted octanol–water partition coefficient (Wildman–Crippen LogP) is 2.65. The number of aliphatic hydroxyl groups is 1. The number of phenols is 1. The molecule has 100 valence electrons. The number of aryl methyl sites for hydroxylation is 1. The summed E-state index contributed by atoms with van der Waals surface area (Å²) in [5, 5.41) is 23.1. The monoisotopic (exact) mass is 249 g/mol. The van der Waals surface area contributed by atoms with E-state index in [2.05, 4.69) is 12.2 Å². The van der Waals surface area contributed by atoms with Crippen LogP contribution in [0.1, 0.15) is 49.8 Å². The van der Waals surface area contributed by atoms with Gasteiger partial charge in [0.1, 0.15) is 5.75 Å². The van der Waals surface area contributed by atoms with Crippen molar-refractivity contribution in [1.29, 1.82) is 0 Å². The largest absolute Gasteiger partial charge is 0.508 e. The molecule has 0 amide bonds. The molecule has 1 aliphatic rings. The molecule has 2 rings (SSSR count). The molecule has 3 heteroatoms. The van der Waals surface area contributed by atoms with E-state index in [0.717, 1.165) is 36.8 Å². The van der Waals surface area contributed by atoms with E-state index in [1.54, 1.807) is 6.07 Å². The summed E-state index contributed by atoms with van der Waals surface area (Å²) < 4.78 is 0. The van der Waals surface area contributed by atoms with Crippen molar-refractivity contribution in [3.05, 3.63) is 29.3 Å². The van der Waals surface area contributed by atoms with Crippen molar-refractivity contribution in [3.8, 4) is 5.75 Å². The second-order valence-corrected chi connectivity index (χ2v) is 5.47. The fourth-order valence-electron chi connectivity index (χ4n) is 2.78. The van der Waals surface area contributed by atoms with Gasteiger partial charge in [-0.1, -0.05) is 17.7 Å². The Bertz CT molecular complexity index is 405.